The summed E-state index contributed by atoms with van der Waals surface area (Å²) in [5.74, 6) is -1.70. The van der Waals surface area contributed by atoms with Gasteiger partial charge in [0.15, 0.2) is 0 Å². The Morgan fingerprint density at radius 2 is 1.29 bits per heavy atom. The largest absolute Gasteiger partial charge is 0.480 e. The van der Waals surface area contributed by atoms with Crippen molar-refractivity contribution in [3.05, 3.63) is 0 Å². The highest BCUT2D eigenvalue weighted by Crippen LogP contribution is 1.96. The van der Waals surface area contributed by atoms with E-state index in [0.29, 0.717) is 26.2 Å². The van der Waals surface area contributed by atoms with Gasteiger partial charge < -0.3 is 20.8 Å². The number of hydrogen-bond acceptors (Lipinski definition) is 6. The van der Waals surface area contributed by atoms with Gasteiger partial charge in [-0.05, 0) is 19.5 Å². The van der Waals surface area contributed by atoms with Crippen LogP contribution in [0.2, 0.25) is 0 Å². The van der Waals surface area contributed by atoms with Gasteiger partial charge in [-0.1, -0.05) is 0 Å². The van der Waals surface area contributed by atoms with E-state index in [-0.39, 0.29) is 13.1 Å². The lowest BCUT2D eigenvalue weighted by atomic mass is 10.3. The molecule has 1 saturated heterocycles. The average molecular weight is 302 g/mol. The summed E-state index contributed by atoms with van der Waals surface area (Å²) >= 11 is 0. The molecule has 1 rings (SSSR count). The second-order valence-corrected chi connectivity index (χ2v) is 5.19. The highest BCUT2D eigenvalue weighted by atomic mass is 16.4. The number of nitrogens with one attached hydrogen (secondary N) is 2. The molecule has 1 aliphatic heterocycles. The van der Waals surface area contributed by atoms with Gasteiger partial charge in [-0.25, -0.2) is 0 Å². The lowest BCUT2D eigenvalue weighted by Crippen LogP contribution is -2.42. The minimum Gasteiger partial charge on any atom is -0.480 e. The Hall–Kier alpha value is -1.22. The van der Waals surface area contributed by atoms with E-state index < -0.39 is 11.9 Å². The van der Waals surface area contributed by atoms with Crippen molar-refractivity contribution in [1.29, 1.82) is 0 Å². The molecular formula is C13H26N4O4. The van der Waals surface area contributed by atoms with Crippen LogP contribution in [0, 0.1) is 0 Å². The molecule has 0 unspecified atom stereocenters. The molecule has 122 valence electrons. The summed E-state index contributed by atoms with van der Waals surface area (Å²) in [4.78, 5) is 25.5. The number of aliphatic carboxylic acids is 2. The smallest absolute Gasteiger partial charge is 0.317 e. The summed E-state index contributed by atoms with van der Waals surface area (Å²) in [7, 11) is 0. The lowest BCUT2D eigenvalue weighted by molar-refractivity contribution is -0.140. The molecule has 0 aromatic carbocycles. The van der Waals surface area contributed by atoms with E-state index >= 15 is 0 Å². The van der Waals surface area contributed by atoms with Gasteiger partial charge in [-0.15, -0.1) is 0 Å². The summed E-state index contributed by atoms with van der Waals surface area (Å²) in [5, 5.41) is 24.4. The first-order valence-corrected chi connectivity index (χ1v) is 7.37. The fraction of sp³-hybridized carbons (Fsp3) is 0.846. The van der Waals surface area contributed by atoms with Gasteiger partial charge >= 0.3 is 11.9 Å². The van der Waals surface area contributed by atoms with Crippen LogP contribution in [0.25, 0.3) is 0 Å². The van der Waals surface area contributed by atoms with E-state index in [1.165, 1.54) is 0 Å². The van der Waals surface area contributed by atoms with Crippen molar-refractivity contribution in [3.63, 3.8) is 0 Å². The topological polar surface area (TPSA) is 105 Å². The van der Waals surface area contributed by atoms with Gasteiger partial charge in [0.25, 0.3) is 0 Å². The monoisotopic (exact) mass is 302 g/mol. The zero-order valence-corrected chi connectivity index (χ0v) is 12.4. The zero-order valence-electron chi connectivity index (χ0n) is 12.4. The van der Waals surface area contributed by atoms with Gasteiger partial charge in [0.1, 0.15) is 0 Å². The Morgan fingerprint density at radius 3 is 1.86 bits per heavy atom. The number of carboxylic acids is 2. The number of carboxylic acid groups (broad SMARTS) is 2. The van der Waals surface area contributed by atoms with E-state index in [9.17, 15) is 9.59 Å². The predicted octanol–water partition coefficient (Wildman–Crippen LogP) is -1.66. The van der Waals surface area contributed by atoms with Crippen LogP contribution in [0.4, 0.5) is 0 Å². The second-order valence-electron chi connectivity index (χ2n) is 5.19. The molecule has 0 aromatic heterocycles. The third-order valence-corrected chi connectivity index (χ3v) is 3.36. The van der Waals surface area contributed by atoms with Gasteiger partial charge in [-0.2, -0.15) is 0 Å². The number of hydrogen-bond donors (Lipinski definition) is 4. The predicted molar refractivity (Wildman–Crippen MR) is 78.5 cm³/mol. The van der Waals surface area contributed by atoms with Gasteiger partial charge in [0.05, 0.1) is 13.1 Å². The number of carbonyl (C=O) groups is 2. The molecule has 0 aliphatic carbocycles. The van der Waals surface area contributed by atoms with Gasteiger partial charge in [0.2, 0.25) is 0 Å². The van der Waals surface area contributed by atoms with E-state index in [1.54, 1.807) is 0 Å². The molecule has 0 bridgehead atoms. The highest BCUT2D eigenvalue weighted by Gasteiger charge is 2.14. The summed E-state index contributed by atoms with van der Waals surface area (Å²) in [6.07, 6.45) is 0.881. The maximum absolute atomic E-state index is 10.9. The van der Waals surface area contributed by atoms with E-state index in [0.717, 1.165) is 32.6 Å². The quantitative estimate of drug-likeness (QED) is 0.489. The number of nitrogens with zero attached hydrogens (tertiary/aromatic N) is 2. The van der Waals surface area contributed by atoms with Crippen LogP contribution in [0.15, 0.2) is 0 Å². The Kier molecular flexibility index (Phi) is 8.91. The average Bonchev–Trinajstić information content (AvgIpc) is 2.41. The molecular weight excluding hydrogens is 276 g/mol. The summed E-state index contributed by atoms with van der Waals surface area (Å²) < 4.78 is 0. The summed E-state index contributed by atoms with van der Waals surface area (Å²) in [6.45, 7) is 5.76. The Labute approximate surface area is 125 Å². The van der Waals surface area contributed by atoms with Crippen molar-refractivity contribution >= 4 is 11.9 Å². The van der Waals surface area contributed by atoms with Crippen molar-refractivity contribution in [2.24, 2.45) is 0 Å². The molecule has 1 aliphatic rings. The van der Waals surface area contributed by atoms with Crippen LogP contribution < -0.4 is 10.6 Å². The Morgan fingerprint density at radius 1 is 0.762 bits per heavy atom. The molecule has 0 aromatic rings. The third kappa shape index (κ3) is 9.35. The molecule has 21 heavy (non-hydrogen) atoms. The molecule has 0 spiro atoms. The minimum atomic E-state index is -0.856. The van der Waals surface area contributed by atoms with Crippen molar-refractivity contribution in [1.82, 2.24) is 20.4 Å². The van der Waals surface area contributed by atoms with Crippen molar-refractivity contribution in [3.8, 4) is 0 Å². The van der Waals surface area contributed by atoms with Crippen molar-refractivity contribution in [2.75, 3.05) is 65.4 Å². The molecule has 0 saturated carbocycles. The van der Waals surface area contributed by atoms with Crippen LogP contribution in [-0.2, 0) is 9.59 Å². The maximum atomic E-state index is 10.9. The van der Waals surface area contributed by atoms with E-state index in [2.05, 4.69) is 10.6 Å². The summed E-state index contributed by atoms with van der Waals surface area (Å²) in [5.41, 5.74) is 0. The fourth-order valence-corrected chi connectivity index (χ4v) is 2.30. The molecule has 1 heterocycles. The third-order valence-electron chi connectivity index (χ3n) is 3.36. The first kappa shape index (κ1) is 17.8. The molecule has 1 fully saturated rings. The standard InChI is InChI=1S/C13H26N4O4/c18-12(19)10-16-6-1-2-14-3-4-15-5-7-17(9-8-16)11-13(20)21/h14-15H,1-11H2,(H,18,19)(H,20,21). The lowest BCUT2D eigenvalue weighted by Gasteiger charge is -2.25. The zero-order chi connectivity index (χ0) is 15.5. The fourth-order valence-electron chi connectivity index (χ4n) is 2.30. The Balaban J connectivity index is 2.54. The van der Waals surface area contributed by atoms with Crippen LogP contribution >= 0.6 is 0 Å². The van der Waals surface area contributed by atoms with E-state index in [4.69, 9.17) is 10.2 Å². The van der Waals surface area contributed by atoms with Gasteiger partial charge in [0, 0.05) is 39.3 Å². The van der Waals surface area contributed by atoms with Crippen LogP contribution in [-0.4, -0.2) is 97.4 Å². The van der Waals surface area contributed by atoms with Crippen molar-refractivity contribution in [2.45, 2.75) is 6.42 Å². The molecule has 0 atom stereocenters. The maximum Gasteiger partial charge on any atom is 0.317 e. The minimum absolute atomic E-state index is 0.000832. The van der Waals surface area contributed by atoms with E-state index in [1.807, 2.05) is 9.80 Å². The van der Waals surface area contributed by atoms with Crippen LogP contribution in [0.5, 0.6) is 0 Å². The number of rotatable bonds is 4. The molecule has 4 N–H and O–H groups in total. The SMILES string of the molecule is O=C(O)CN1CCCNCCNCCN(CC(=O)O)CC1. The molecule has 8 heteroatoms. The highest BCUT2D eigenvalue weighted by molar-refractivity contribution is 5.69. The molecule has 0 radical (unpaired) electrons. The Bertz CT molecular complexity index is 297. The van der Waals surface area contributed by atoms with Gasteiger partial charge in [-0.3, -0.25) is 19.4 Å². The molecule has 8 nitrogen and oxygen atoms in total. The summed E-state index contributed by atoms with van der Waals surface area (Å²) in [6, 6.07) is 0. The second kappa shape index (κ2) is 10.5. The van der Waals surface area contributed by atoms with Crippen LogP contribution in [0.1, 0.15) is 6.42 Å². The first-order valence-electron chi connectivity index (χ1n) is 7.37. The first-order chi connectivity index (χ1) is 10.1. The normalized spacial score (nSPS) is 21.0. The van der Waals surface area contributed by atoms with Crippen molar-refractivity contribution < 1.29 is 19.8 Å². The van der Waals surface area contributed by atoms with Crippen LogP contribution in [0.3, 0.4) is 0 Å². The molecule has 0 amide bonds.